The molecule has 2 aromatic carbocycles. The number of hydrogen-bond acceptors (Lipinski definition) is 1. The zero-order valence-electron chi connectivity index (χ0n) is 10.9. The molecular formula is C17H15BrO2. The van der Waals surface area contributed by atoms with Gasteiger partial charge in [0, 0.05) is 10.9 Å². The Morgan fingerprint density at radius 2 is 1.60 bits per heavy atom. The topological polar surface area (TPSA) is 37.3 Å². The first-order chi connectivity index (χ1) is 9.66. The van der Waals surface area contributed by atoms with Crippen LogP contribution in [0.3, 0.4) is 0 Å². The molecule has 0 unspecified atom stereocenters. The van der Waals surface area contributed by atoms with E-state index in [0.29, 0.717) is 6.42 Å². The van der Waals surface area contributed by atoms with Crippen LogP contribution in [0.15, 0.2) is 65.1 Å². The molecule has 0 bridgehead atoms. The van der Waals surface area contributed by atoms with Gasteiger partial charge in [-0.3, -0.25) is 4.79 Å². The van der Waals surface area contributed by atoms with Crippen LogP contribution in [0.5, 0.6) is 0 Å². The van der Waals surface area contributed by atoms with Crippen LogP contribution < -0.4 is 0 Å². The minimum absolute atomic E-state index is 0.146. The first-order valence-electron chi connectivity index (χ1n) is 6.40. The maximum Gasteiger partial charge on any atom is 0.303 e. The number of allylic oxidation sites excluding steroid dienone is 1. The Bertz CT molecular complexity index is 601. The molecule has 0 aliphatic heterocycles. The molecule has 20 heavy (non-hydrogen) atoms. The van der Waals surface area contributed by atoms with Gasteiger partial charge in [0.15, 0.2) is 0 Å². The third-order valence-electron chi connectivity index (χ3n) is 2.95. The van der Waals surface area contributed by atoms with Crippen molar-refractivity contribution >= 4 is 27.5 Å². The highest BCUT2D eigenvalue weighted by Gasteiger charge is 2.05. The Hall–Kier alpha value is -1.87. The summed E-state index contributed by atoms with van der Waals surface area (Å²) in [7, 11) is 0. The van der Waals surface area contributed by atoms with E-state index in [0.717, 1.165) is 21.2 Å². The summed E-state index contributed by atoms with van der Waals surface area (Å²) in [6.07, 6.45) is 2.66. The fourth-order valence-electron chi connectivity index (χ4n) is 1.99. The Balaban J connectivity index is 2.34. The van der Waals surface area contributed by atoms with Crippen LogP contribution in [-0.4, -0.2) is 11.1 Å². The van der Waals surface area contributed by atoms with Crippen molar-refractivity contribution < 1.29 is 9.90 Å². The Morgan fingerprint density at radius 3 is 2.20 bits per heavy atom. The van der Waals surface area contributed by atoms with Crippen LogP contribution in [0.4, 0.5) is 0 Å². The fourth-order valence-corrected chi connectivity index (χ4v) is 2.25. The Kier molecular flexibility index (Phi) is 5.13. The Labute approximate surface area is 126 Å². The molecule has 0 aliphatic rings. The van der Waals surface area contributed by atoms with Crippen molar-refractivity contribution in [2.45, 2.75) is 12.8 Å². The number of carboxylic acid groups (broad SMARTS) is 1. The molecule has 0 radical (unpaired) electrons. The smallest absolute Gasteiger partial charge is 0.303 e. The van der Waals surface area contributed by atoms with Crippen LogP contribution in [0, 0.1) is 0 Å². The maximum absolute atomic E-state index is 10.7. The second kappa shape index (κ2) is 7.06. The van der Waals surface area contributed by atoms with E-state index in [1.54, 1.807) is 0 Å². The van der Waals surface area contributed by atoms with E-state index >= 15 is 0 Å². The SMILES string of the molecule is O=C(O)CC/C=C(\c1ccccc1)c1ccc(Br)cc1. The summed E-state index contributed by atoms with van der Waals surface area (Å²) in [5, 5.41) is 8.77. The first kappa shape index (κ1) is 14.5. The normalized spacial score (nSPS) is 11.3. The molecule has 2 aromatic rings. The molecule has 0 aliphatic carbocycles. The first-order valence-corrected chi connectivity index (χ1v) is 7.19. The maximum atomic E-state index is 10.7. The van der Waals surface area contributed by atoms with Gasteiger partial charge in [-0.25, -0.2) is 0 Å². The van der Waals surface area contributed by atoms with E-state index in [2.05, 4.69) is 15.9 Å². The third-order valence-corrected chi connectivity index (χ3v) is 3.48. The third kappa shape index (κ3) is 4.07. The molecule has 0 amide bonds. The summed E-state index contributed by atoms with van der Waals surface area (Å²) >= 11 is 3.43. The molecule has 0 fully saturated rings. The number of aliphatic carboxylic acids is 1. The second-order valence-electron chi connectivity index (χ2n) is 4.42. The molecule has 0 aromatic heterocycles. The van der Waals surface area contributed by atoms with Gasteiger partial charge in [0.05, 0.1) is 0 Å². The summed E-state index contributed by atoms with van der Waals surface area (Å²) in [6.45, 7) is 0. The molecule has 3 heteroatoms. The highest BCUT2D eigenvalue weighted by atomic mass is 79.9. The van der Waals surface area contributed by atoms with E-state index in [-0.39, 0.29) is 6.42 Å². The van der Waals surface area contributed by atoms with Gasteiger partial charge >= 0.3 is 5.97 Å². The summed E-state index contributed by atoms with van der Waals surface area (Å²) in [6, 6.07) is 18.1. The highest BCUT2D eigenvalue weighted by Crippen LogP contribution is 2.25. The van der Waals surface area contributed by atoms with E-state index in [1.807, 2.05) is 60.7 Å². The minimum atomic E-state index is -0.774. The molecule has 0 saturated heterocycles. The van der Waals surface area contributed by atoms with Gasteiger partial charge in [-0.05, 0) is 35.3 Å². The fraction of sp³-hybridized carbons (Fsp3) is 0.118. The molecule has 0 heterocycles. The minimum Gasteiger partial charge on any atom is -0.481 e. The van der Waals surface area contributed by atoms with Gasteiger partial charge < -0.3 is 5.11 Å². The van der Waals surface area contributed by atoms with Crippen molar-refractivity contribution in [2.24, 2.45) is 0 Å². The van der Waals surface area contributed by atoms with Gasteiger partial charge in [0.2, 0.25) is 0 Å². The van der Waals surface area contributed by atoms with Crippen molar-refractivity contribution in [3.63, 3.8) is 0 Å². The second-order valence-corrected chi connectivity index (χ2v) is 5.34. The lowest BCUT2D eigenvalue weighted by Crippen LogP contribution is -1.93. The average molecular weight is 331 g/mol. The van der Waals surface area contributed by atoms with Crippen LogP contribution in [0.2, 0.25) is 0 Å². The van der Waals surface area contributed by atoms with Crippen LogP contribution >= 0.6 is 15.9 Å². The average Bonchev–Trinajstić information content (AvgIpc) is 2.46. The zero-order chi connectivity index (χ0) is 14.4. The summed E-state index contributed by atoms with van der Waals surface area (Å²) in [4.78, 5) is 10.7. The molecule has 0 saturated carbocycles. The molecule has 102 valence electrons. The van der Waals surface area contributed by atoms with Crippen LogP contribution in [0.25, 0.3) is 5.57 Å². The van der Waals surface area contributed by atoms with Crippen LogP contribution in [0.1, 0.15) is 24.0 Å². The van der Waals surface area contributed by atoms with Crippen LogP contribution in [-0.2, 0) is 4.79 Å². The Morgan fingerprint density at radius 1 is 1.00 bits per heavy atom. The number of carbonyl (C=O) groups is 1. The lowest BCUT2D eigenvalue weighted by atomic mass is 9.96. The van der Waals surface area contributed by atoms with Gasteiger partial charge in [-0.15, -0.1) is 0 Å². The van der Waals surface area contributed by atoms with Gasteiger partial charge in [0.1, 0.15) is 0 Å². The number of rotatable bonds is 5. The molecule has 2 nitrogen and oxygen atoms in total. The summed E-state index contributed by atoms with van der Waals surface area (Å²) in [5.41, 5.74) is 3.25. The molecule has 1 N–H and O–H groups in total. The number of benzene rings is 2. The largest absolute Gasteiger partial charge is 0.481 e. The van der Waals surface area contributed by atoms with Gasteiger partial charge in [0.25, 0.3) is 0 Å². The molecule has 0 spiro atoms. The molecular weight excluding hydrogens is 316 g/mol. The van der Waals surface area contributed by atoms with Gasteiger partial charge in [-0.1, -0.05) is 64.5 Å². The lowest BCUT2D eigenvalue weighted by molar-refractivity contribution is -0.136. The van der Waals surface area contributed by atoms with E-state index in [1.165, 1.54) is 0 Å². The van der Waals surface area contributed by atoms with E-state index in [4.69, 9.17) is 5.11 Å². The zero-order valence-corrected chi connectivity index (χ0v) is 12.5. The monoisotopic (exact) mass is 330 g/mol. The van der Waals surface area contributed by atoms with Crippen molar-refractivity contribution in [3.05, 3.63) is 76.3 Å². The van der Waals surface area contributed by atoms with E-state index in [9.17, 15) is 4.79 Å². The number of hydrogen-bond donors (Lipinski definition) is 1. The summed E-state index contributed by atoms with van der Waals surface area (Å²) < 4.78 is 1.03. The van der Waals surface area contributed by atoms with Crippen molar-refractivity contribution in [1.82, 2.24) is 0 Å². The number of halogens is 1. The van der Waals surface area contributed by atoms with Gasteiger partial charge in [-0.2, -0.15) is 0 Å². The highest BCUT2D eigenvalue weighted by molar-refractivity contribution is 9.10. The predicted octanol–water partition coefficient (Wildman–Crippen LogP) is 4.75. The molecule has 2 rings (SSSR count). The predicted molar refractivity (Wildman–Crippen MR) is 84.5 cm³/mol. The van der Waals surface area contributed by atoms with Crippen molar-refractivity contribution in [3.8, 4) is 0 Å². The lowest BCUT2D eigenvalue weighted by Gasteiger charge is -2.09. The quantitative estimate of drug-likeness (QED) is 0.859. The number of carboxylic acids is 1. The van der Waals surface area contributed by atoms with Crippen molar-refractivity contribution in [1.29, 1.82) is 0 Å². The molecule has 0 atom stereocenters. The van der Waals surface area contributed by atoms with E-state index < -0.39 is 5.97 Å². The summed E-state index contributed by atoms with van der Waals surface area (Å²) in [5.74, 6) is -0.774. The standard InChI is InChI=1S/C17H15BrO2/c18-15-11-9-14(10-12-15)16(7-4-8-17(19)20)13-5-2-1-3-6-13/h1-3,5-7,9-12H,4,8H2,(H,19,20)/b16-7+. The van der Waals surface area contributed by atoms with Crippen molar-refractivity contribution in [2.75, 3.05) is 0 Å².